The molecule has 0 aliphatic heterocycles. The summed E-state index contributed by atoms with van der Waals surface area (Å²) in [6.45, 7) is 4.05. The molecule has 0 N–H and O–H groups in total. The Labute approximate surface area is 171 Å². The summed E-state index contributed by atoms with van der Waals surface area (Å²) in [6, 6.07) is 4.72. The minimum atomic E-state index is -3.42. The molecule has 5 nitrogen and oxygen atoms in total. The second-order valence-electron chi connectivity index (χ2n) is 8.58. The first-order valence-corrected chi connectivity index (χ1v) is 11.7. The normalized spacial score (nSPS) is 15.8. The lowest BCUT2D eigenvalue weighted by Crippen LogP contribution is -2.31. The average molecular weight is 422 g/mol. The van der Waals surface area contributed by atoms with Crippen molar-refractivity contribution >= 4 is 9.84 Å². The molecule has 1 heterocycles. The zero-order valence-corrected chi connectivity index (χ0v) is 18.2. The summed E-state index contributed by atoms with van der Waals surface area (Å²) in [5.74, 6) is 0.495. The van der Waals surface area contributed by atoms with Crippen LogP contribution in [-0.4, -0.2) is 32.5 Å². The number of halogens is 1. The van der Waals surface area contributed by atoms with Gasteiger partial charge in [0.2, 0.25) is 0 Å². The summed E-state index contributed by atoms with van der Waals surface area (Å²) in [6.07, 6.45) is 5.50. The molecule has 3 rings (SSSR count). The smallest absolute Gasteiger partial charge is 0.253 e. The van der Waals surface area contributed by atoms with Crippen molar-refractivity contribution in [1.82, 2.24) is 4.57 Å². The van der Waals surface area contributed by atoms with E-state index in [2.05, 4.69) is 13.8 Å². The lowest BCUT2D eigenvalue weighted by Gasteiger charge is -2.33. The molecule has 1 aromatic heterocycles. The van der Waals surface area contributed by atoms with Crippen LogP contribution in [0.3, 0.4) is 0 Å². The van der Waals surface area contributed by atoms with Crippen LogP contribution in [0.15, 0.2) is 34.1 Å². The Morgan fingerprint density at radius 3 is 2.59 bits per heavy atom. The van der Waals surface area contributed by atoms with Crippen molar-refractivity contribution in [1.29, 1.82) is 0 Å². The minimum absolute atomic E-state index is 0.0154. The van der Waals surface area contributed by atoms with Crippen molar-refractivity contribution in [3.63, 3.8) is 0 Å². The van der Waals surface area contributed by atoms with E-state index in [1.165, 1.54) is 6.07 Å². The second-order valence-corrected chi connectivity index (χ2v) is 10.6. The Bertz CT molecular complexity index is 1090. The molecule has 0 atom stereocenters. The first-order valence-electron chi connectivity index (χ1n) is 9.78. The number of ether oxygens (including phenoxy) is 1. The maximum atomic E-state index is 12.7. The third-order valence-corrected chi connectivity index (χ3v) is 6.61. The van der Waals surface area contributed by atoms with Gasteiger partial charge in [-0.3, -0.25) is 9.18 Å². The van der Waals surface area contributed by atoms with Crippen LogP contribution < -0.4 is 10.3 Å². The third kappa shape index (κ3) is 4.55. The summed E-state index contributed by atoms with van der Waals surface area (Å²) >= 11 is 0. The molecule has 1 aliphatic rings. The molecule has 1 aliphatic carbocycles. The number of benzene rings is 1. The fourth-order valence-electron chi connectivity index (χ4n) is 3.87. The molecule has 1 aromatic carbocycles. The molecule has 0 saturated carbocycles. The SMILES string of the molecule is Cn1cc(-c2cc(S(C)(=O)=O)ccc2OCCCF)c2c(c1=O)CCC(C)(C)C2. The molecule has 29 heavy (non-hydrogen) atoms. The van der Waals surface area contributed by atoms with E-state index >= 15 is 0 Å². The second kappa shape index (κ2) is 7.94. The Kier molecular flexibility index (Phi) is 5.90. The Morgan fingerprint density at radius 1 is 1.21 bits per heavy atom. The molecule has 2 aromatic rings. The van der Waals surface area contributed by atoms with Gasteiger partial charge >= 0.3 is 0 Å². The molecule has 0 amide bonds. The van der Waals surface area contributed by atoms with E-state index in [0.717, 1.165) is 35.8 Å². The molecule has 0 fully saturated rings. The number of pyridine rings is 1. The minimum Gasteiger partial charge on any atom is -0.493 e. The summed E-state index contributed by atoms with van der Waals surface area (Å²) in [4.78, 5) is 12.9. The van der Waals surface area contributed by atoms with Crippen LogP contribution in [0.25, 0.3) is 11.1 Å². The van der Waals surface area contributed by atoms with Gasteiger partial charge in [-0.05, 0) is 48.4 Å². The highest BCUT2D eigenvalue weighted by atomic mass is 32.2. The van der Waals surface area contributed by atoms with Crippen LogP contribution in [-0.2, 0) is 29.7 Å². The monoisotopic (exact) mass is 421 g/mol. The van der Waals surface area contributed by atoms with Crippen molar-refractivity contribution in [2.75, 3.05) is 19.5 Å². The van der Waals surface area contributed by atoms with Crippen LogP contribution in [0.4, 0.5) is 4.39 Å². The number of hydrogen-bond acceptors (Lipinski definition) is 4. The molecule has 0 unspecified atom stereocenters. The lowest BCUT2D eigenvalue weighted by molar-refractivity contribution is 0.290. The van der Waals surface area contributed by atoms with Gasteiger partial charge < -0.3 is 9.30 Å². The highest BCUT2D eigenvalue weighted by Gasteiger charge is 2.30. The van der Waals surface area contributed by atoms with E-state index < -0.39 is 16.5 Å². The van der Waals surface area contributed by atoms with Gasteiger partial charge in [-0.2, -0.15) is 0 Å². The van der Waals surface area contributed by atoms with E-state index in [1.54, 1.807) is 29.9 Å². The van der Waals surface area contributed by atoms with E-state index in [-0.39, 0.29) is 28.9 Å². The van der Waals surface area contributed by atoms with Crippen molar-refractivity contribution in [3.8, 4) is 16.9 Å². The van der Waals surface area contributed by atoms with Crippen molar-refractivity contribution in [3.05, 3.63) is 45.9 Å². The van der Waals surface area contributed by atoms with Crippen molar-refractivity contribution < 1.29 is 17.5 Å². The number of nitrogens with zero attached hydrogens (tertiary/aromatic N) is 1. The van der Waals surface area contributed by atoms with Gasteiger partial charge in [-0.25, -0.2) is 8.42 Å². The van der Waals surface area contributed by atoms with Gasteiger partial charge in [0.05, 0.1) is 18.2 Å². The van der Waals surface area contributed by atoms with E-state index in [4.69, 9.17) is 4.74 Å². The first kappa shape index (κ1) is 21.6. The molecule has 0 bridgehead atoms. The molecule has 0 spiro atoms. The number of alkyl halides is 1. The van der Waals surface area contributed by atoms with Crippen LogP contribution in [0.2, 0.25) is 0 Å². The largest absolute Gasteiger partial charge is 0.493 e. The van der Waals surface area contributed by atoms with Gasteiger partial charge in [-0.15, -0.1) is 0 Å². The highest BCUT2D eigenvalue weighted by molar-refractivity contribution is 7.90. The zero-order valence-electron chi connectivity index (χ0n) is 17.4. The number of aromatic nitrogens is 1. The molecule has 158 valence electrons. The summed E-state index contributed by atoms with van der Waals surface area (Å²) < 4.78 is 44.2. The Morgan fingerprint density at radius 2 is 1.93 bits per heavy atom. The van der Waals surface area contributed by atoms with Gasteiger partial charge in [-0.1, -0.05) is 13.8 Å². The number of sulfone groups is 1. The molecular weight excluding hydrogens is 393 g/mol. The Balaban J connectivity index is 2.26. The summed E-state index contributed by atoms with van der Waals surface area (Å²) in [7, 11) is -1.72. The van der Waals surface area contributed by atoms with Crippen LogP contribution >= 0.6 is 0 Å². The van der Waals surface area contributed by atoms with Gasteiger partial charge in [0.25, 0.3) is 5.56 Å². The predicted molar refractivity (Wildman–Crippen MR) is 112 cm³/mol. The maximum absolute atomic E-state index is 12.7. The fourth-order valence-corrected chi connectivity index (χ4v) is 4.52. The number of aryl methyl sites for hydroxylation is 1. The number of rotatable bonds is 6. The topological polar surface area (TPSA) is 65.4 Å². The van der Waals surface area contributed by atoms with Crippen LogP contribution in [0.5, 0.6) is 5.75 Å². The fraction of sp³-hybridized carbons (Fsp3) is 0.500. The van der Waals surface area contributed by atoms with E-state index in [9.17, 15) is 17.6 Å². The van der Waals surface area contributed by atoms with Crippen LogP contribution in [0, 0.1) is 5.41 Å². The summed E-state index contributed by atoms with van der Waals surface area (Å²) in [5.41, 5.74) is 3.18. The molecule has 7 heteroatoms. The van der Waals surface area contributed by atoms with Crippen molar-refractivity contribution in [2.45, 2.75) is 44.4 Å². The molecule has 0 radical (unpaired) electrons. The zero-order chi connectivity index (χ0) is 21.4. The quantitative estimate of drug-likeness (QED) is 0.667. The van der Waals surface area contributed by atoms with Crippen molar-refractivity contribution in [2.24, 2.45) is 12.5 Å². The third-order valence-electron chi connectivity index (χ3n) is 5.50. The average Bonchev–Trinajstić information content (AvgIpc) is 2.63. The predicted octanol–water partition coefficient (Wildman–Crippen LogP) is 3.71. The van der Waals surface area contributed by atoms with E-state index in [0.29, 0.717) is 17.7 Å². The number of hydrogen-bond donors (Lipinski definition) is 0. The highest BCUT2D eigenvalue weighted by Crippen LogP contribution is 2.41. The molecule has 0 saturated heterocycles. The van der Waals surface area contributed by atoms with Gasteiger partial charge in [0, 0.05) is 42.6 Å². The standard InChI is InChI=1S/C22H28FNO4S/c1-22(2)9-8-16-18(13-22)19(14-24(3)21(16)25)17-12-15(29(4,26)27)6-7-20(17)28-11-5-10-23/h6-7,12,14H,5,8-11,13H2,1-4H3. The van der Waals surface area contributed by atoms with Crippen LogP contribution in [0.1, 0.15) is 37.8 Å². The summed E-state index contributed by atoms with van der Waals surface area (Å²) in [5, 5.41) is 0. The first-order chi connectivity index (χ1) is 13.5. The lowest BCUT2D eigenvalue weighted by atomic mass is 9.73. The number of fused-ring (bicyclic) bond motifs is 1. The van der Waals surface area contributed by atoms with Gasteiger partial charge in [0.1, 0.15) is 5.75 Å². The van der Waals surface area contributed by atoms with E-state index in [1.807, 2.05) is 0 Å². The Hall–Kier alpha value is -2.15. The maximum Gasteiger partial charge on any atom is 0.253 e. The molecular formula is C22H28FNO4S. The van der Waals surface area contributed by atoms with Gasteiger partial charge in [0.15, 0.2) is 9.84 Å².